The average molecular weight is 184 g/mol. The zero-order chi connectivity index (χ0) is 10.3. The molecule has 0 unspecified atom stereocenters. The first-order chi connectivity index (χ1) is 5.71. The Morgan fingerprint density at radius 1 is 1.46 bits per heavy atom. The van der Waals surface area contributed by atoms with Gasteiger partial charge in [-0.15, -0.1) is 0 Å². The summed E-state index contributed by atoms with van der Waals surface area (Å²) in [6.07, 6.45) is 1.72. The molecule has 0 radical (unpaired) electrons. The van der Waals surface area contributed by atoms with Crippen LogP contribution in [-0.2, 0) is 4.79 Å². The first-order valence-corrected chi connectivity index (χ1v) is 4.95. The SMILES string of the molecule is CC(C)(C)[C@H]1CC(=O)C[C@](C)(O)C1. The van der Waals surface area contributed by atoms with Crippen LogP contribution in [0.4, 0.5) is 0 Å². The predicted molar refractivity (Wildman–Crippen MR) is 52.4 cm³/mol. The van der Waals surface area contributed by atoms with E-state index in [1.165, 1.54) is 0 Å². The minimum absolute atomic E-state index is 0.125. The minimum atomic E-state index is -0.771. The van der Waals surface area contributed by atoms with Crippen molar-refractivity contribution in [1.29, 1.82) is 0 Å². The van der Waals surface area contributed by atoms with Crippen LogP contribution in [0.15, 0.2) is 0 Å². The minimum Gasteiger partial charge on any atom is -0.390 e. The summed E-state index contributed by atoms with van der Waals surface area (Å²) in [5.41, 5.74) is -0.645. The Morgan fingerprint density at radius 2 is 2.00 bits per heavy atom. The van der Waals surface area contributed by atoms with E-state index in [-0.39, 0.29) is 11.2 Å². The maximum absolute atomic E-state index is 11.4. The van der Waals surface area contributed by atoms with Gasteiger partial charge in [0.1, 0.15) is 5.78 Å². The van der Waals surface area contributed by atoms with E-state index in [0.717, 1.165) is 6.42 Å². The van der Waals surface area contributed by atoms with Crippen molar-refractivity contribution in [3.05, 3.63) is 0 Å². The summed E-state index contributed by atoms with van der Waals surface area (Å²) in [5, 5.41) is 9.86. The Morgan fingerprint density at radius 3 is 2.38 bits per heavy atom. The van der Waals surface area contributed by atoms with Gasteiger partial charge in [-0.3, -0.25) is 4.79 Å². The van der Waals surface area contributed by atoms with E-state index in [1.54, 1.807) is 6.92 Å². The first kappa shape index (κ1) is 10.7. The highest BCUT2D eigenvalue weighted by molar-refractivity contribution is 5.80. The third kappa shape index (κ3) is 2.80. The van der Waals surface area contributed by atoms with E-state index in [9.17, 15) is 9.90 Å². The quantitative estimate of drug-likeness (QED) is 0.626. The second kappa shape index (κ2) is 3.09. The average Bonchev–Trinajstić information content (AvgIpc) is 1.79. The lowest BCUT2D eigenvalue weighted by molar-refractivity contribution is -0.132. The van der Waals surface area contributed by atoms with E-state index in [4.69, 9.17) is 0 Å². The summed E-state index contributed by atoms with van der Waals surface area (Å²) in [6, 6.07) is 0. The van der Waals surface area contributed by atoms with Crippen LogP contribution in [0.3, 0.4) is 0 Å². The summed E-state index contributed by atoms with van der Waals surface area (Å²) in [6.45, 7) is 8.16. The van der Waals surface area contributed by atoms with Crippen LogP contribution >= 0.6 is 0 Å². The predicted octanol–water partition coefficient (Wildman–Crippen LogP) is 2.15. The van der Waals surface area contributed by atoms with Crippen molar-refractivity contribution >= 4 is 5.78 Å². The highest BCUT2D eigenvalue weighted by Gasteiger charge is 2.39. The second-order valence-electron chi connectivity index (χ2n) is 5.68. The molecule has 1 rings (SSSR count). The molecular weight excluding hydrogens is 164 g/mol. The standard InChI is InChI=1S/C11H20O2/c1-10(2,3)8-5-9(12)7-11(4,13)6-8/h8,13H,5-7H2,1-4H3/t8-,11+/m0/s1. The lowest BCUT2D eigenvalue weighted by atomic mass is 9.67. The van der Waals surface area contributed by atoms with Crippen LogP contribution in [0.1, 0.15) is 47.0 Å². The molecule has 0 spiro atoms. The number of aliphatic hydroxyl groups is 1. The summed E-state index contributed by atoms with van der Waals surface area (Å²) in [5.74, 6) is 0.528. The maximum atomic E-state index is 11.4. The van der Waals surface area contributed by atoms with Crippen molar-refractivity contribution in [2.24, 2.45) is 11.3 Å². The third-order valence-corrected chi connectivity index (χ3v) is 2.96. The molecule has 0 aromatic heterocycles. The molecule has 0 bridgehead atoms. The van der Waals surface area contributed by atoms with Crippen molar-refractivity contribution in [1.82, 2.24) is 0 Å². The molecule has 0 heterocycles. The molecular formula is C11H20O2. The van der Waals surface area contributed by atoms with E-state index >= 15 is 0 Å². The van der Waals surface area contributed by atoms with Crippen LogP contribution in [0.2, 0.25) is 0 Å². The Hall–Kier alpha value is -0.370. The van der Waals surface area contributed by atoms with Gasteiger partial charge in [0.2, 0.25) is 0 Å². The Kier molecular flexibility index (Phi) is 2.54. The molecule has 2 atom stereocenters. The Labute approximate surface area is 80.3 Å². The van der Waals surface area contributed by atoms with Gasteiger partial charge in [0.05, 0.1) is 5.60 Å². The Balaban J connectivity index is 2.74. The molecule has 0 saturated heterocycles. The van der Waals surface area contributed by atoms with Crippen LogP contribution < -0.4 is 0 Å². The molecule has 1 aliphatic carbocycles. The van der Waals surface area contributed by atoms with Gasteiger partial charge >= 0.3 is 0 Å². The number of ketones is 1. The van der Waals surface area contributed by atoms with Crippen LogP contribution in [0.5, 0.6) is 0 Å². The normalized spacial score (nSPS) is 36.4. The molecule has 1 N–H and O–H groups in total. The van der Waals surface area contributed by atoms with Crippen molar-refractivity contribution in [2.75, 3.05) is 0 Å². The van der Waals surface area contributed by atoms with Gasteiger partial charge in [0.25, 0.3) is 0 Å². The number of carbonyl (C=O) groups is 1. The van der Waals surface area contributed by atoms with E-state index in [1.807, 2.05) is 0 Å². The summed E-state index contributed by atoms with van der Waals surface area (Å²) < 4.78 is 0. The molecule has 0 aromatic rings. The van der Waals surface area contributed by atoms with Crippen molar-refractivity contribution in [3.8, 4) is 0 Å². The van der Waals surface area contributed by atoms with Crippen molar-refractivity contribution < 1.29 is 9.90 Å². The highest BCUT2D eigenvalue weighted by Crippen LogP contribution is 2.40. The fourth-order valence-corrected chi connectivity index (χ4v) is 2.06. The van der Waals surface area contributed by atoms with Crippen molar-refractivity contribution in [3.63, 3.8) is 0 Å². The lowest BCUT2D eigenvalue weighted by Gasteiger charge is -2.39. The van der Waals surface area contributed by atoms with E-state index in [2.05, 4.69) is 20.8 Å². The van der Waals surface area contributed by atoms with Gasteiger partial charge in [0.15, 0.2) is 0 Å². The van der Waals surface area contributed by atoms with Crippen molar-refractivity contribution in [2.45, 2.75) is 52.6 Å². The molecule has 2 nitrogen and oxygen atoms in total. The number of rotatable bonds is 0. The number of hydrogen-bond acceptors (Lipinski definition) is 2. The largest absolute Gasteiger partial charge is 0.390 e. The topological polar surface area (TPSA) is 37.3 Å². The second-order valence-corrected chi connectivity index (χ2v) is 5.68. The van der Waals surface area contributed by atoms with Crippen LogP contribution in [0, 0.1) is 11.3 Å². The molecule has 0 aliphatic heterocycles. The van der Waals surface area contributed by atoms with E-state index < -0.39 is 5.60 Å². The molecule has 13 heavy (non-hydrogen) atoms. The van der Waals surface area contributed by atoms with Gasteiger partial charge in [-0.1, -0.05) is 20.8 Å². The zero-order valence-corrected chi connectivity index (χ0v) is 9.05. The smallest absolute Gasteiger partial charge is 0.136 e. The van der Waals surface area contributed by atoms with Gasteiger partial charge in [-0.25, -0.2) is 0 Å². The monoisotopic (exact) mass is 184 g/mol. The van der Waals surface area contributed by atoms with Gasteiger partial charge < -0.3 is 5.11 Å². The summed E-state index contributed by atoms with van der Waals surface area (Å²) >= 11 is 0. The highest BCUT2D eigenvalue weighted by atomic mass is 16.3. The molecule has 1 saturated carbocycles. The molecule has 0 aromatic carbocycles. The molecule has 2 heteroatoms. The number of hydrogen-bond donors (Lipinski definition) is 1. The van der Waals surface area contributed by atoms with E-state index in [0.29, 0.717) is 18.8 Å². The first-order valence-electron chi connectivity index (χ1n) is 4.95. The summed E-state index contributed by atoms with van der Waals surface area (Å²) in [4.78, 5) is 11.4. The number of carbonyl (C=O) groups excluding carboxylic acids is 1. The third-order valence-electron chi connectivity index (χ3n) is 2.96. The van der Waals surface area contributed by atoms with Gasteiger partial charge in [0, 0.05) is 12.8 Å². The maximum Gasteiger partial charge on any atom is 0.136 e. The lowest BCUT2D eigenvalue weighted by Crippen LogP contribution is -2.41. The fourth-order valence-electron chi connectivity index (χ4n) is 2.06. The summed E-state index contributed by atoms with van der Waals surface area (Å²) in [7, 11) is 0. The van der Waals surface area contributed by atoms with Gasteiger partial charge in [-0.05, 0) is 24.7 Å². The number of Topliss-reactive ketones (excluding diaryl/α,β-unsaturated/α-hetero) is 1. The van der Waals surface area contributed by atoms with Crippen LogP contribution in [0.25, 0.3) is 0 Å². The molecule has 1 aliphatic rings. The molecule has 1 fully saturated rings. The Bertz CT molecular complexity index is 211. The van der Waals surface area contributed by atoms with Gasteiger partial charge in [-0.2, -0.15) is 0 Å². The van der Waals surface area contributed by atoms with Crippen LogP contribution in [-0.4, -0.2) is 16.5 Å². The fraction of sp³-hybridized carbons (Fsp3) is 0.909. The molecule has 0 amide bonds. The molecule has 76 valence electrons. The zero-order valence-electron chi connectivity index (χ0n) is 9.05.